The molecule has 0 nitrogen and oxygen atoms in total. The normalized spacial score (nSPS) is 19.5. The van der Waals surface area contributed by atoms with Crippen molar-refractivity contribution in [2.24, 2.45) is 0 Å². The Balaban J connectivity index is 0.00000190. The van der Waals surface area contributed by atoms with Crippen LogP contribution in [0.3, 0.4) is 0 Å². The monoisotopic (exact) mass is 496 g/mol. The third-order valence-corrected chi connectivity index (χ3v) is 14.4. The van der Waals surface area contributed by atoms with Gasteiger partial charge in [-0.3, -0.25) is 0 Å². The summed E-state index contributed by atoms with van der Waals surface area (Å²) in [6.45, 7) is 24.2. The summed E-state index contributed by atoms with van der Waals surface area (Å²) in [6, 6.07) is 12.2. The van der Waals surface area contributed by atoms with Gasteiger partial charge in [-0.15, -0.1) is 0 Å². The van der Waals surface area contributed by atoms with Gasteiger partial charge in [0.1, 0.15) is 0 Å². The summed E-state index contributed by atoms with van der Waals surface area (Å²) in [5.74, 6) is 0. The van der Waals surface area contributed by atoms with E-state index in [4.69, 9.17) is 0 Å². The number of aryl methyl sites for hydroxylation is 1. The Morgan fingerprint density at radius 3 is 1.89 bits per heavy atom. The first-order chi connectivity index (χ1) is 16.3. The van der Waals surface area contributed by atoms with Crippen LogP contribution in [-0.4, -0.2) is 45.8 Å². The number of hydrogen-bond donors (Lipinski definition) is 0. The van der Waals surface area contributed by atoms with Crippen molar-refractivity contribution in [2.75, 3.05) is 0 Å². The average Bonchev–Trinajstić information content (AvgIpc) is 3.43. The summed E-state index contributed by atoms with van der Waals surface area (Å²) in [6.07, 6.45) is 6.34. The first kappa shape index (κ1) is 30.6. The van der Waals surface area contributed by atoms with Gasteiger partial charge in [-0.05, 0) is 115 Å². The molecule has 3 aliphatic rings. The van der Waals surface area contributed by atoms with Crippen molar-refractivity contribution in [2.45, 2.75) is 104 Å². The number of allylic oxidation sites excluding steroid dienone is 5. The van der Waals surface area contributed by atoms with E-state index in [1.807, 2.05) is 0 Å². The molecule has 188 valence electrons. The van der Waals surface area contributed by atoms with Crippen molar-refractivity contribution < 1.29 is 0 Å². The van der Waals surface area contributed by atoms with E-state index in [0.717, 1.165) is 0 Å². The molecule has 0 bridgehead atoms. The molecule has 2 aromatic carbocycles. The van der Waals surface area contributed by atoms with Gasteiger partial charge in [0, 0.05) is 5.54 Å². The molecule has 0 fully saturated rings. The molecule has 3 aliphatic carbocycles. The molecule has 0 saturated carbocycles. The Kier molecular flexibility index (Phi) is 8.74. The van der Waals surface area contributed by atoms with Crippen LogP contribution in [0.2, 0.25) is 18.6 Å². The fraction of sp³-hybridized carbons (Fsp3) is 0.471. The van der Waals surface area contributed by atoms with E-state index in [1.165, 1.54) is 36.0 Å². The Labute approximate surface area is 251 Å². The fourth-order valence-electron chi connectivity index (χ4n) is 7.82. The van der Waals surface area contributed by atoms with E-state index < -0.39 is 8.07 Å². The molecule has 0 saturated heterocycles. The predicted octanol–water partition coefficient (Wildman–Crippen LogP) is 8.65. The Morgan fingerprint density at radius 2 is 1.35 bits per heavy atom. The first-order valence-corrected chi connectivity index (χ1v) is 16.8. The Hall–Kier alpha value is -0.928. The predicted molar refractivity (Wildman–Crippen MR) is 171 cm³/mol. The van der Waals surface area contributed by atoms with Gasteiger partial charge in [-0.2, -0.15) is 0 Å². The van der Waals surface area contributed by atoms with Gasteiger partial charge >= 0.3 is 37.7 Å². The second kappa shape index (κ2) is 10.6. The third kappa shape index (κ3) is 4.83. The van der Waals surface area contributed by atoms with Crippen LogP contribution in [0.5, 0.6) is 0 Å². The van der Waals surface area contributed by atoms with Gasteiger partial charge in [-0.25, -0.2) is 0 Å². The van der Waals surface area contributed by atoms with Gasteiger partial charge in [0.25, 0.3) is 0 Å². The van der Waals surface area contributed by atoms with Gasteiger partial charge in [0.15, 0.2) is 0 Å². The summed E-state index contributed by atoms with van der Waals surface area (Å²) in [5.41, 5.74) is 20.2. The molecule has 1 atom stereocenters. The van der Waals surface area contributed by atoms with Crippen LogP contribution < -0.4 is 0 Å². The summed E-state index contributed by atoms with van der Waals surface area (Å²) in [4.78, 5) is 0. The van der Waals surface area contributed by atoms with Crippen LogP contribution in [0.15, 0.2) is 58.2 Å². The van der Waals surface area contributed by atoms with Gasteiger partial charge in [0.05, 0.1) is 8.07 Å². The molecule has 37 heavy (non-hydrogen) atoms. The SMILES string of the molecule is CC1=Cc2c(cc3c(c2-c2ccc(C(C)(C)C)cc2)CCC3)C1[Si](C)(C)C1C(C)=C(C)C(C)=C1C.[LiH].[LiH]. The minimum atomic E-state index is -1.74. The van der Waals surface area contributed by atoms with Gasteiger partial charge < -0.3 is 0 Å². The number of hydrogen-bond acceptors (Lipinski definition) is 0. The second-order valence-electron chi connectivity index (χ2n) is 13.3. The van der Waals surface area contributed by atoms with Crippen molar-refractivity contribution in [3.63, 3.8) is 0 Å². The van der Waals surface area contributed by atoms with Crippen LogP contribution in [0.4, 0.5) is 0 Å². The van der Waals surface area contributed by atoms with Crippen LogP contribution in [0.25, 0.3) is 17.2 Å². The van der Waals surface area contributed by atoms with E-state index in [1.54, 1.807) is 50.1 Å². The molecule has 1 unspecified atom stereocenters. The molecule has 0 heterocycles. The number of fused-ring (bicyclic) bond motifs is 2. The van der Waals surface area contributed by atoms with Gasteiger partial charge in [0.2, 0.25) is 0 Å². The molecular formula is C34H46Li2Si. The van der Waals surface area contributed by atoms with Crippen molar-refractivity contribution in [3.05, 3.63) is 86.0 Å². The Bertz CT molecular complexity index is 1290. The van der Waals surface area contributed by atoms with E-state index >= 15 is 0 Å². The van der Waals surface area contributed by atoms with E-state index in [-0.39, 0.29) is 43.1 Å². The minimum absolute atomic E-state index is 0. The number of benzene rings is 2. The molecule has 0 aliphatic heterocycles. The quantitative estimate of drug-likeness (QED) is 0.373. The maximum atomic E-state index is 2.67. The van der Waals surface area contributed by atoms with E-state index in [2.05, 4.69) is 105 Å². The molecular weight excluding hydrogens is 450 g/mol. The molecule has 3 heteroatoms. The zero-order chi connectivity index (χ0) is 25.4. The van der Waals surface area contributed by atoms with Crippen LogP contribution in [0.1, 0.15) is 95.2 Å². The fourth-order valence-corrected chi connectivity index (χ4v) is 13.1. The van der Waals surface area contributed by atoms with Crippen molar-refractivity contribution >= 4 is 51.9 Å². The zero-order valence-electron chi connectivity index (χ0n) is 23.7. The topological polar surface area (TPSA) is 0 Å². The first-order valence-electron chi connectivity index (χ1n) is 13.7. The van der Waals surface area contributed by atoms with Crippen LogP contribution in [-0.2, 0) is 18.3 Å². The summed E-state index contributed by atoms with van der Waals surface area (Å²) in [5, 5.41) is 0. The molecule has 2 aromatic rings. The van der Waals surface area contributed by atoms with Gasteiger partial charge in [-0.1, -0.05) is 87.0 Å². The maximum absolute atomic E-state index is 2.67. The molecule has 0 radical (unpaired) electrons. The van der Waals surface area contributed by atoms with Crippen LogP contribution >= 0.6 is 0 Å². The Morgan fingerprint density at radius 1 is 0.784 bits per heavy atom. The molecule has 0 amide bonds. The standard InChI is InChI=1S/C34H44Si.2Li.2H/c1-20-18-29-30(32(20)35(9,10)33-23(4)21(2)22(3)24(33)5)19-26-12-11-13-28(26)31(29)25-14-16-27(17-15-25)34(6,7)8;;;;/h14-19,32-33H,11-13H2,1-10H3;;;;. The second-order valence-corrected chi connectivity index (χ2v) is 18.1. The summed E-state index contributed by atoms with van der Waals surface area (Å²) >= 11 is 0. The number of rotatable bonds is 3. The van der Waals surface area contributed by atoms with E-state index in [0.29, 0.717) is 11.1 Å². The average molecular weight is 497 g/mol. The van der Waals surface area contributed by atoms with Crippen molar-refractivity contribution in [3.8, 4) is 11.1 Å². The van der Waals surface area contributed by atoms with Crippen molar-refractivity contribution in [1.82, 2.24) is 0 Å². The molecule has 5 rings (SSSR count). The van der Waals surface area contributed by atoms with Crippen molar-refractivity contribution in [1.29, 1.82) is 0 Å². The molecule has 0 aromatic heterocycles. The zero-order valence-corrected chi connectivity index (χ0v) is 24.7. The van der Waals surface area contributed by atoms with E-state index in [9.17, 15) is 0 Å². The molecule has 0 N–H and O–H groups in total. The molecule has 0 spiro atoms. The third-order valence-electron chi connectivity index (χ3n) is 9.75. The summed E-state index contributed by atoms with van der Waals surface area (Å²) < 4.78 is 0. The summed E-state index contributed by atoms with van der Waals surface area (Å²) in [7, 11) is -1.74. The van der Waals surface area contributed by atoms with Crippen LogP contribution in [0, 0.1) is 0 Å².